The quantitative estimate of drug-likeness (QED) is 0.740. The highest BCUT2D eigenvalue weighted by molar-refractivity contribution is 6.05. The lowest BCUT2D eigenvalue weighted by molar-refractivity contribution is -0.116. The van der Waals surface area contributed by atoms with Crippen LogP contribution in [0.4, 0.5) is 5.69 Å². The van der Waals surface area contributed by atoms with E-state index in [1.165, 1.54) is 10.6 Å². The summed E-state index contributed by atoms with van der Waals surface area (Å²) in [6.07, 6.45) is 4.27. The summed E-state index contributed by atoms with van der Waals surface area (Å²) in [7, 11) is 0. The van der Waals surface area contributed by atoms with E-state index in [1.807, 2.05) is 12.1 Å². The second-order valence-electron chi connectivity index (χ2n) is 3.62. The van der Waals surface area contributed by atoms with Gasteiger partial charge in [0.15, 0.2) is 0 Å². The van der Waals surface area contributed by atoms with Gasteiger partial charge in [-0.25, -0.2) is 5.01 Å². The maximum atomic E-state index is 11.4. The molecule has 78 valence electrons. The van der Waals surface area contributed by atoms with Crippen LogP contribution < -0.4 is 5.01 Å². The molecule has 0 radical (unpaired) electrons. The topological polar surface area (TPSA) is 32.7 Å². The Bertz CT molecular complexity index is 381. The van der Waals surface area contributed by atoms with Crippen molar-refractivity contribution < 1.29 is 4.79 Å². The molecule has 3 nitrogen and oxygen atoms in total. The van der Waals surface area contributed by atoms with E-state index in [2.05, 4.69) is 24.2 Å². The van der Waals surface area contributed by atoms with Crippen molar-refractivity contribution in [2.45, 2.75) is 26.2 Å². The van der Waals surface area contributed by atoms with E-state index in [9.17, 15) is 4.79 Å². The first-order valence-electron chi connectivity index (χ1n) is 5.25. The standard InChI is InChI=1S/C12H14N2O/c1-2-3-10-4-6-11(7-5-10)14-12(15)8-9-13-14/h4-7,9H,2-3,8H2,1H3. The van der Waals surface area contributed by atoms with Gasteiger partial charge in [0.25, 0.3) is 5.91 Å². The molecule has 1 aliphatic heterocycles. The summed E-state index contributed by atoms with van der Waals surface area (Å²) in [5.41, 5.74) is 2.16. The number of carbonyl (C=O) groups is 1. The average Bonchev–Trinajstić information content (AvgIpc) is 2.66. The van der Waals surface area contributed by atoms with Crippen molar-refractivity contribution in [1.29, 1.82) is 0 Å². The third-order valence-electron chi connectivity index (χ3n) is 2.42. The molecule has 0 saturated carbocycles. The highest BCUT2D eigenvalue weighted by Crippen LogP contribution is 2.19. The first-order chi connectivity index (χ1) is 7.31. The van der Waals surface area contributed by atoms with Crippen molar-refractivity contribution in [3.63, 3.8) is 0 Å². The predicted octanol–water partition coefficient (Wildman–Crippen LogP) is 2.36. The van der Waals surface area contributed by atoms with Crippen LogP contribution in [0.15, 0.2) is 29.4 Å². The average molecular weight is 202 g/mol. The zero-order valence-electron chi connectivity index (χ0n) is 8.81. The third-order valence-corrected chi connectivity index (χ3v) is 2.42. The van der Waals surface area contributed by atoms with E-state index in [-0.39, 0.29) is 5.91 Å². The Morgan fingerprint density at radius 1 is 1.33 bits per heavy atom. The molecule has 0 fully saturated rings. The Balaban J connectivity index is 2.16. The summed E-state index contributed by atoms with van der Waals surface area (Å²) in [5.74, 6) is 0.0400. The molecule has 0 saturated heterocycles. The molecular weight excluding hydrogens is 188 g/mol. The molecule has 2 rings (SSSR count). The van der Waals surface area contributed by atoms with Crippen molar-refractivity contribution in [3.05, 3.63) is 29.8 Å². The van der Waals surface area contributed by atoms with E-state index in [1.54, 1.807) is 6.21 Å². The maximum Gasteiger partial charge on any atom is 0.252 e. The third kappa shape index (κ3) is 2.06. The monoisotopic (exact) mass is 202 g/mol. The van der Waals surface area contributed by atoms with Gasteiger partial charge in [0.1, 0.15) is 0 Å². The second-order valence-corrected chi connectivity index (χ2v) is 3.62. The minimum Gasteiger partial charge on any atom is -0.272 e. The van der Waals surface area contributed by atoms with Gasteiger partial charge < -0.3 is 0 Å². The summed E-state index contributed by atoms with van der Waals surface area (Å²) in [6.45, 7) is 2.15. The number of hydrazone groups is 1. The van der Waals surface area contributed by atoms with Gasteiger partial charge in [-0.15, -0.1) is 0 Å². The molecular formula is C12H14N2O. The Kier molecular flexibility index (Phi) is 2.81. The molecule has 0 bridgehead atoms. The Morgan fingerprint density at radius 2 is 2.07 bits per heavy atom. The van der Waals surface area contributed by atoms with Crippen LogP contribution in [0, 0.1) is 0 Å². The molecule has 1 aromatic rings. The van der Waals surface area contributed by atoms with Crippen LogP contribution in [0.1, 0.15) is 25.3 Å². The van der Waals surface area contributed by atoms with Crippen molar-refractivity contribution in [2.75, 3.05) is 5.01 Å². The molecule has 3 heteroatoms. The Labute approximate surface area is 89.4 Å². The lowest BCUT2D eigenvalue weighted by Gasteiger charge is -2.11. The molecule has 0 atom stereocenters. The van der Waals surface area contributed by atoms with Crippen LogP contribution in [-0.4, -0.2) is 12.1 Å². The van der Waals surface area contributed by atoms with Gasteiger partial charge in [-0.3, -0.25) is 4.79 Å². The number of nitrogens with zero attached hydrogens (tertiary/aromatic N) is 2. The van der Waals surface area contributed by atoms with Crippen LogP contribution in [0.2, 0.25) is 0 Å². The molecule has 15 heavy (non-hydrogen) atoms. The molecule has 1 heterocycles. The lowest BCUT2D eigenvalue weighted by atomic mass is 10.1. The first-order valence-corrected chi connectivity index (χ1v) is 5.25. The fourth-order valence-electron chi connectivity index (χ4n) is 1.65. The van der Waals surface area contributed by atoms with Crippen LogP contribution in [0.25, 0.3) is 0 Å². The van der Waals surface area contributed by atoms with Crippen LogP contribution in [0.5, 0.6) is 0 Å². The fraction of sp³-hybridized carbons (Fsp3) is 0.333. The normalized spacial score (nSPS) is 15.0. The van der Waals surface area contributed by atoms with Crippen molar-refractivity contribution in [3.8, 4) is 0 Å². The summed E-state index contributed by atoms with van der Waals surface area (Å²) in [5, 5.41) is 5.48. The molecule has 1 amide bonds. The minimum atomic E-state index is 0.0400. The highest BCUT2D eigenvalue weighted by Gasteiger charge is 2.17. The number of anilines is 1. The molecule has 0 spiro atoms. The number of benzene rings is 1. The van der Waals surface area contributed by atoms with E-state index >= 15 is 0 Å². The summed E-state index contributed by atoms with van der Waals surface area (Å²) in [6, 6.07) is 8.01. The second kappa shape index (κ2) is 4.26. The minimum absolute atomic E-state index is 0.0400. The van der Waals surface area contributed by atoms with Gasteiger partial charge in [-0.1, -0.05) is 25.5 Å². The Morgan fingerprint density at radius 3 is 2.60 bits per heavy atom. The lowest BCUT2D eigenvalue weighted by Crippen LogP contribution is -2.19. The zero-order chi connectivity index (χ0) is 10.7. The van der Waals surface area contributed by atoms with Gasteiger partial charge in [-0.05, 0) is 24.1 Å². The van der Waals surface area contributed by atoms with Gasteiger partial charge in [-0.2, -0.15) is 5.10 Å². The Hall–Kier alpha value is -1.64. The van der Waals surface area contributed by atoms with Gasteiger partial charge in [0, 0.05) is 6.21 Å². The zero-order valence-corrected chi connectivity index (χ0v) is 8.81. The molecule has 0 unspecified atom stereocenters. The molecule has 0 N–H and O–H groups in total. The molecule has 0 aliphatic carbocycles. The summed E-state index contributed by atoms with van der Waals surface area (Å²) >= 11 is 0. The van der Waals surface area contributed by atoms with Crippen molar-refractivity contribution in [2.24, 2.45) is 5.10 Å². The molecule has 1 aliphatic rings. The van der Waals surface area contributed by atoms with E-state index in [0.29, 0.717) is 6.42 Å². The maximum absolute atomic E-state index is 11.4. The number of amides is 1. The van der Waals surface area contributed by atoms with Gasteiger partial charge in [0.05, 0.1) is 12.1 Å². The number of aryl methyl sites for hydroxylation is 1. The smallest absolute Gasteiger partial charge is 0.252 e. The SMILES string of the molecule is CCCc1ccc(N2N=CCC2=O)cc1. The highest BCUT2D eigenvalue weighted by atomic mass is 16.2. The predicted molar refractivity (Wildman–Crippen MR) is 61.0 cm³/mol. The van der Waals surface area contributed by atoms with E-state index < -0.39 is 0 Å². The number of carbonyl (C=O) groups excluding carboxylic acids is 1. The first kappa shape index (κ1) is 9.90. The molecule has 0 aromatic heterocycles. The summed E-state index contributed by atoms with van der Waals surface area (Å²) in [4.78, 5) is 11.4. The van der Waals surface area contributed by atoms with Gasteiger partial charge in [0.2, 0.25) is 0 Å². The van der Waals surface area contributed by atoms with Crippen LogP contribution in [-0.2, 0) is 11.2 Å². The number of rotatable bonds is 3. The van der Waals surface area contributed by atoms with Crippen molar-refractivity contribution in [1.82, 2.24) is 0 Å². The van der Waals surface area contributed by atoms with Crippen molar-refractivity contribution >= 4 is 17.8 Å². The molecule has 1 aromatic carbocycles. The van der Waals surface area contributed by atoms with Gasteiger partial charge >= 0.3 is 0 Å². The number of hydrogen-bond acceptors (Lipinski definition) is 2. The van der Waals surface area contributed by atoms with E-state index in [0.717, 1.165) is 18.5 Å². The van der Waals surface area contributed by atoms with Crippen LogP contribution in [0.3, 0.4) is 0 Å². The van der Waals surface area contributed by atoms with Crippen LogP contribution >= 0.6 is 0 Å². The summed E-state index contributed by atoms with van der Waals surface area (Å²) < 4.78 is 0. The fourth-order valence-corrected chi connectivity index (χ4v) is 1.65. The number of hydrogen-bond donors (Lipinski definition) is 0. The van der Waals surface area contributed by atoms with E-state index in [4.69, 9.17) is 0 Å². The largest absolute Gasteiger partial charge is 0.272 e.